The zero-order valence-electron chi connectivity index (χ0n) is 4.23. The second kappa shape index (κ2) is 2.02. The van der Waals surface area contributed by atoms with Gasteiger partial charge in [0.1, 0.15) is 6.17 Å². The minimum absolute atomic E-state index is 0.0366. The van der Waals surface area contributed by atoms with Crippen LogP contribution in [-0.2, 0) is 4.79 Å². The van der Waals surface area contributed by atoms with Gasteiger partial charge in [0.15, 0.2) is 5.78 Å². The highest BCUT2D eigenvalue weighted by Gasteiger charge is 2.42. The van der Waals surface area contributed by atoms with Crippen molar-refractivity contribution in [2.75, 3.05) is 5.88 Å². The fraction of sp³-hybridized carbons (Fsp3) is 0.800. The number of alkyl halides is 2. The van der Waals surface area contributed by atoms with E-state index in [0.717, 1.165) is 0 Å². The summed E-state index contributed by atoms with van der Waals surface area (Å²) in [5.74, 6) is -0.544. The second-order valence-electron chi connectivity index (χ2n) is 1.96. The molecule has 0 spiro atoms. The molecule has 0 aliphatic heterocycles. The molecule has 46 valence electrons. The van der Waals surface area contributed by atoms with E-state index in [1.54, 1.807) is 0 Å². The highest BCUT2D eigenvalue weighted by atomic mass is 35.5. The fourth-order valence-electron chi connectivity index (χ4n) is 0.596. The number of halogens is 2. The van der Waals surface area contributed by atoms with Gasteiger partial charge in [0, 0.05) is 0 Å². The Morgan fingerprint density at radius 3 is 2.50 bits per heavy atom. The van der Waals surface area contributed by atoms with E-state index < -0.39 is 6.17 Å². The minimum atomic E-state index is -0.888. The van der Waals surface area contributed by atoms with Gasteiger partial charge in [-0.15, -0.1) is 11.6 Å². The monoisotopic (exact) mass is 136 g/mol. The maximum absolute atomic E-state index is 11.9. The van der Waals surface area contributed by atoms with Gasteiger partial charge in [-0.2, -0.15) is 0 Å². The maximum Gasteiger partial charge on any atom is 0.153 e. The summed E-state index contributed by atoms with van der Waals surface area (Å²) in [7, 11) is 0. The van der Waals surface area contributed by atoms with Gasteiger partial charge >= 0.3 is 0 Å². The first-order valence-corrected chi connectivity index (χ1v) is 3.02. The third-order valence-corrected chi connectivity index (χ3v) is 1.52. The summed E-state index contributed by atoms with van der Waals surface area (Å²) in [6, 6.07) is 0. The Labute approximate surface area is 51.8 Å². The van der Waals surface area contributed by atoms with Crippen molar-refractivity contribution in [3.8, 4) is 0 Å². The summed E-state index contributed by atoms with van der Waals surface area (Å²) >= 11 is 5.14. The largest absolute Gasteiger partial charge is 0.298 e. The average Bonchev–Trinajstić information content (AvgIpc) is 2.45. The van der Waals surface area contributed by atoms with Crippen LogP contribution in [0.2, 0.25) is 0 Å². The van der Waals surface area contributed by atoms with Crippen LogP contribution in [-0.4, -0.2) is 17.8 Å². The van der Waals surface area contributed by atoms with Gasteiger partial charge in [0.25, 0.3) is 0 Å². The molecular formula is C5H6ClFO. The highest BCUT2D eigenvalue weighted by molar-refractivity contribution is 6.28. The van der Waals surface area contributed by atoms with E-state index in [0.29, 0.717) is 6.42 Å². The molecule has 1 rings (SSSR count). The molecule has 0 heterocycles. The molecule has 1 fully saturated rings. The Hall–Kier alpha value is -0.110. The SMILES string of the molecule is O=C(CCl)[C@H]1C[C@H]1F. The fourth-order valence-corrected chi connectivity index (χ4v) is 0.794. The Morgan fingerprint density at radius 2 is 2.38 bits per heavy atom. The van der Waals surface area contributed by atoms with Crippen molar-refractivity contribution in [2.24, 2.45) is 5.92 Å². The molecule has 0 amide bonds. The van der Waals surface area contributed by atoms with Crippen molar-refractivity contribution in [1.29, 1.82) is 0 Å². The van der Waals surface area contributed by atoms with E-state index in [-0.39, 0.29) is 17.6 Å². The Kier molecular flexibility index (Phi) is 1.52. The predicted molar refractivity (Wildman–Crippen MR) is 28.7 cm³/mol. The quantitative estimate of drug-likeness (QED) is 0.521. The Bertz CT molecular complexity index is 115. The molecule has 1 nitrogen and oxygen atoms in total. The lowest BCUT2D eigenvalue weighted by Crippen LogP contribution is -2.03. The van der Waals surface area contributed by atoms with Crippen molar-refractivity contribution in [3.63, 3.8) is 0 Å². The minimum Gasteiger partial charge on any atom is -0.298 e. The molecule has 8 heavy (non-hydrogen) atoms. The first-order chi connectivity index (χ1) is 3.75. The molecule has 0 aromatic carbocycles. The highest BCUT2D eigenvalue weighted by Crippen LogP contribution is 2.34. The van der Waals surface area contributed by atoms with Crippen molar-refractivity contribution in [2.45, 2.75) is 12.6 Å². The third kappa shape index (κ3) is 0.996. The van der Waals surface area contributed by atoms with E-state index >= 15 is 0 Å². The number of hydrogen-bond donors (Lipinski definition) is 0. The topological polar surface area (TPSA) is 17.1 Å². The number of rotatable bonds is 2. The standard InChI is InChI=1S/C5H6ClFO/c6-2-5(8)3-1-4(3)7/h3-4H,1-2H2/t3-,4+/m0/s1. The van der Waals surface area contributed by atoms with E-state index in [4.69, 9.17) is 11.6 Å². The molecule has 0 unspecified atom stereocenters. The molecule has 1 saturated carbocycles. The van der Waals surface area contributed by atoms with E-state index in [2.05, 4.69) is 0 Å². The zero-order valence-corrected chi connectivity index (χ0v) is 4.99. The third-order valence-electron chi connectivity index (χ3n) is 1.26. The molecular weight excluding hydrogens is 131 g/mol. The molecule has 1 aliphatic carbocycles. The summed E-state index contributed by atoms with van der Waals surface area (Å²) in [4.78, 5) is 10.4. The lowest BCUT2D eigenvalue weighted by molar-refractivity contribution is -0.118. The summed E-state index contributed by atoms with van der Waals surface area (Å²) < 4.78 is 11.9. The molecule has 0 aromatic heterocycles. The van der Waals surface area contributed by atoms with Crippen LogP contribution in [0.5, 0.6) is 0 Å². The number of carbonyl (C=O) groups excluding carboxylic acids is 1. The van der Waals surface area contributed by atoms with Crippen LogP contribution in [0.3, 0.4) is 0 Å². The lowest BCUT2D eigenvalue weighted by Gasteiger charge is -1.84. The molecule has 2 atom stereocenters. The Morgan fingerprint density at radius 1 is 1.88 bits per heavy atom. The molecule has 0 N–H and O–H groups in total. The summed E-state index contributed by atoms with van der Waals surface area (Å²) in [6.07, 6.45) is -0.493. The first kappa shape index (κ1) is 6.02. The van der Waals surface area contributed by atoms with Crippen LogP contribution in [0.1, 0.15) is 6.42 Å². The van der Waals surface area contributed by atoms with Crippen molar-refractivity contribution >= 4 is 17.4 Å². The van der Waals surface area contributed by atoms with Gasteiger partial charge in [-0.05, 0) is 6.42 Å². The van der Waals surface area contributed by atoms with Crippen molar-refractivity contribution in [1.82, 2.24) is 0 Å². The number of carbonyl (C=O) groups is 1. The van der Waals surface area contributed by atoms with E-state index in [1.807, 2.05) is 0 Å². The van der Waals surface area contributed by atoms with Crippen molar-refractivity contribution in [3.05, 3.63) is 0 Å². The van der Waals surface area contributed by atoms with Crippen LogP contribution in [0.15, 0.2) is 0 Å². The van der Waals surface area contributed by atoms with Crippen LogP contribution in [0.4, 0.5) is 4.39 Å². The molecule has 0 aromatic rings. The summed E-state index contributed by atoms with van der Waals surface area (Å²) in [5, 5.41) is 0. The number of hydrogen-bond acceptors (Lipinski definition) is 1. The van der Waals surface area contributed by atoms with E-state index in [9.17, 15) is 9.18 Å². The zero-order chi connectivity index (χ0) is 6.15. The maximum atomic E-state index is 11.9. The van der Waals surface area contributed by atoms with Crippen LogP contribution in [0.25, 0.3) is 0 Å². The summed E-state index contributed by atoms with van der Waals surface area (Å²) in [6.45, 7) is 0. The van der Waals surface area contributed by atoms with Crippen LogP contribution in [0, 0.1) is 5.92 Å². The first-order valence-electron chi connectivity index (χ1n) is 2.48. The van der Waals surface area contributed by atoms with Gasteiger partial charge < -0.3 is 0 Å². The average molecular weight is 137 g/mol. The molecule has 0 saturated heterocycles. The smallest absolute Gasteiger partial charge is 0.153 e. The van der Waals surface area contributed by atoms with Gasteiger partial charge in [-0.3, -0.25) is 4.79 Å². The number of Topliss-reactive ketones (excluding diaryl/α,β-unsaturated/α-hetero) is 1. The van der Waals surface area contributed by atoms with Crippen molar-refractivity contribution < 1.29 is 9.18 Å². The van der Waals surface area contributed by atoms with Crippen LogP contribution < -0.4 is 0 Å². The second-order valence-corrected chi connectivity index (χ2v) is 2.23. The number of ketones is 1. The molecule has 3 heteroatoms. The molecule has 1 aliphatic rings. The molecule has 0 radical (unpaired) electrons. The summed E-state index contributed by atoms with van der Waals surface area (Å²) in [5.41, 5.74) is 0. The lowest BCUT2D eigenvalue weighted by atomic mass is 10.3. The van der Waals surface area contributed by atoms with Gasteiger partial charge in [0.2, 0.25) is 0 Å². The van der Waals surface area contributed by atoms with E-state index in [1.165, 1.54) is 0 Å². The molecule has 0 bridgehead atoms. The van der Waals surface area contributed by atoms with Gasteiger partial charge in [-0.25, -0.2) is 4.39 Å². The predicted octanol–water partition coefficient (Wildman–Crippen LogP) is 1.15. The van der Waals surface area contributed by atoms with Gasteiger partial charge in [-0.1, -0.05) is 0 Å². The van der Waals surface area contributed by atoms with Crippen LogP contribution >= 0.6 is 11.6 Å². The Balaban J connectivity index is 2.28. The normalized spacial score (nSPS) is 34.8. The van der Waals surface area contributed by atoms with Gasteiger partial charge in [0.05, 0.1) is 11.8 Å².